The third-order valence-electron chi connectivity index (χ3n) is 4.38. The lowest BCUT2D eigenvalue weighted by Gasteiger charge is -2.22. The molecule has 1 fully saturated rings. The molecule has 0 bridgehead atoms. The largest absolute Gasteiger partial charge is 0.382 e. The van der Waals surface area contributed by atoms with E-state index in [1.165, 1.54) is 32.1 Å². The van der Waals surface area contributed by atoms with Gasteiger partial charge in [-0.25, -0.2) is 0 Å². The number of anilines is 1. The maximum absolute atomic E-state index is 11.8. The van der Waals surface area contributed by atoms with Crippen molar-refractivity contribution >= 4 is 23.2 Å². The van der Waals surface area contributed by atoms with E-state index < -0.39 is 0 Å². The number of hydrogen-bond donors (Lipinski definition) is 2. The molecule has 2 rings (SSSR count). The van der Waals surface area contributed by atoms with Gasteiger partial charge in [0, 0.05) is 18.8 Å². The van der Waals surface area contributed by atoms with Crippen LogP contribution in [-0.4, -0.2) is 19.0 Å². The number of rotatable bonds is 3. The molecular weight excluding hydrogens is 284 g/mol. The fraction of sp³-hybridized carbons (Fsp3) is 0.588. The fourth-order valence-corrected chi connectivity index (χ4v) is 3.17. The van der Waals surface area contributed by atoms with E-state index in [1.54, 1.807) is 13.1 Å². The van der Waals surface area contributed by atoms with Crippen molar-refractivity contribution in [1.29, 1.82) is 0 Å². The van der Waals surface area contributed by atoms with E-state index in [0.29, 0.717) is 22.0 Å². The van der Waals surface area contributed by atoms with Gasteiger partial charge in [0.05, 0.1) is 10.6 Å². The van der Waals surface area contributed by atoms with Crippen LogP contribution in [0.2, 0.25) is 5.02 Å². The smallest absolute Gasteiger partial charge is 0.252 e. The quantitative estimate of drug-likeness (QED) is 0.809. The van der Waals surface area contributed by atoms with Crippen molar-refractivity contribution in [3.63, 3.8) is 0 Å². The highest BCUT2D eigenvalue weighted by Gasteiger charge is 2.24. The summed E-state index contributed by atoms with van der Waals surface area (Å²) in [5.41, 5.74) is 1.95. The zero-order valence-electron chi connectivity index (χ0n) is 13.1. The average molecular weight is 309 g/mol. The van der Waals surface area contributed by atoms with E-state index in [9.17, 15) is 4.79 Å². The van der Waals surface area contributed by atoms with Crippen molar-refractivity contribution in [3.8, 4) is 0 Å². The minimum atomic E-state index is -0.148. The number of hydrogen-bond acceptors (Lipinski definition) is 2. The van der Waals surface area contributed by atoms with Gasteiger partial charge in [-0.3, -0.25) is 4.79 Å². The van der Waals surface area contributed by atoms with Gasteiger partial charge in [0.1, 0.15) is 0 Å². The third-order valence-corrected chi connectivity index (χ3v) is 4.71. The van der Waals surface area contributed by atoms with Crippen LogP contribution >= 0.6 is 11.6 Å². The first-order valence-electron chi connectivity index (χ1n) is 7.69. The van der Waals surface area contributed by atoms with Gasteiger partial charge in [-0.15, -0.1) is 0 Å². The predicted molar refractivity (Wildman–Crippen MR) is 89.1 cm³/mol. The summed E-state index contributed by atoms with van der Waals surface area (Å²) in [7, 11) is 1.62. The lowest BCUT2D eigenvalue weighted by molar-refractivity contribution is 0.0963. The Bertz CT molecular complexity index is 514. The molecule has 3 nitrogen and oxygen atoms in total. The normalized spacial score (nSPS) is 21.4. The Morgan fingerprint density at radius 3 is 2.76 bits per heavy atom. The summed E-state index contributed by atoms with van der Waals surface area (Å²) < 4.78 is 0. The molecular formula is C17H25ClN2O. The van der Waals surface area contributed by atoms with Gasteiger partial charge in [-0.2, -0.15) is 0 Å². The number of halogens is 1. The third kappa shape index (κ3) is 4.37. The first-order valence-corrected chi connectivity index (χ1v) is 8.07. The lowest BCUT2D eigenvalue weighted by atomic mass is 9.85. The van der Waals surface area contributed by atoms with Gasteiger partial charge in [0.2, 0.25) is 0 Å². The molecule has 1 amide bonds. The summed E-state index contributed by atoms with van der Waals surface area (Å²) in [6.07, 6.45) is 6.13. The number of benzene rings is 1. The molecule has 116 valence electrons. The maximum atomic E-state index is 11.8. The van der Waals surface area contributed by atoms with Crippen molar-refractivity contribution < 1.29 is 4.79 Å². The number of carbonyl (C=O) groups is 1. The van der Waals surface area contributed by atoms with Crippen LogP contribution < -0.4 is 10.6 Å². The van der Waals surface area contributed by atoms with Crippen LogP contribution in [0.25, 0.3) is 0 Å². The monoisotopic (exact) mass is 308 g/mol. The summed E-state index contributed by atoms with van der Waals surface area (Å²) in [6.45, 7) is 4.70. The summed E-state index contributed by atoms with van der Waals surface area (Å²) >= 11 is 6.09. The minimum absolute atomic E-state index is 0.148. The molecule has 21 heavy (non-hydrogen) atoms. The summed E-state index contributed by atoms with van der Waals surface area (Å²) in [6, 6.07) is 6.06. The molecule has 1 aromatic carbocycles. The molecule has 0 spiro atoms. The Hall–Kier alpha value is -1.22. The van der Waals surface area contributed by atoms with Gasteiger partial charge < -0.3 is 10.6 Å². The van der Waals surface area contributed by atoms with Gasteiger partial charge >= 0.3 is 0 Å². The highest BCUT2D eigenvalue weighted by molar-refractivity contribution is 6.34. The van der Waals surface area contributed by atoms with Crippen LogP contribution in [0.5, 0.6) is 0 Å². The van der Waals surface area contributed by atoms with Gasteiger partial charge in [0.25, 0.3) is 5.91 Å². The van der Waals surface area contributed by atoms with E-state index in [0.717, 1.165) is 5.69 Å². The molecule has 0 heterocycles. The lowest BCUT2D eigenvalue weighted by Crippen LogP contribution is -2.21. The molecule has 2 N–H and O–H groups in total. The second-order valence-corrected chi connectivity index (χ2v) is 7.12. The molecule has 1 atom stereocenters. The molecule has 1 aliphatic carbocycles. The molecule has 4 heteroatoms. The van der Waals surface area contributed by atoms with Gasteiger partial charge in [-0.05, 0) is 49.3 Å². The highest BCUT2D eigenvalue weighted by atomic mass is 35.5. The molecule has 1 aliphatic rings. The number of amides is 1. The van der Waals surface area contributed by atoms with Crippen LogP contribution in [0, 0.1) is 5.41 Å². The first-order chi connectivity index (χ1) is 9.91. The Kier molecular flexibility index (Phi) is 5.15. The van der Waals surface area contributed by atoms with E-state index in [2.05, 4.69) is 24.5 Å². The second-order valence-electron chi connectivity index (χ2n) is 6.71. The van der Waals surface area contributed by atoms with E-state index in [1.807, 2.05) is 12.1 Å². The topological polar surface area (TPSA) is 41.1 Å². The molecule has 0 radical (unpaired) electrons. The zero-order chi connectivity index (χ0) is 15.5. The van der Waals surface area contributed by atoms with Crippen molar-refractivity contribution in [1.82, 2.24) is 5.32 Å². The zero-order valence-corrected chi connectivity index (χ0v) is 13.9. The van der Waals surface area contributed by atoms with Gasteiger partial charge in [-0.1, -0.05) is 31.9 Å². The fourth-order valence-electron chi connectivity index (χ4n) is 2.97. The molecule has 1 saturated carbocycles. The molecule has 0 aliphatic heterocycles. The Labute approximate surface area is 132 Å². The minimum Gasteiger partial charge on any atom is -0.382 e. The predicted octanol–water partition coefficient (Wildman–Crippen LogP) is 4.47. The second kappa shape index (κ2) is 6.69. The highest BCUT2D eigenvalue weighted by Crippen LogP contribution is 2.34. The van der Waals surface area contributed by atoms with Crippen LogP contribution in [0.3, 0.4) is 0 Å². The summed E-state index contributed by atoms with van der Waals surface area (Å²) in [4.78, 5) is 11.8. The SMILES string of the molecule is CNC(=O)c1cc(NC2CCCC(C)(C)CC2)ccc1Cl. The standard InChI is InChI=1S/C17H25ClN2O/c1-17(2)9-4-5-12(8-10-17)20-13-6-7-15(18)14(11-13)16(21)19-3/h6-7,11-12,20H,4-5,8-10H2,1-3H3,(H,19,21). The van der Waals surface area contributed by atoms with Crippen LogP contribution in [0.4, 0.5) is 5.69 Å². The van der Waals surface area contributed by atoms with Crippen LogP contribution in [0.15, 0.2) is 18.2 Å². The first kappa shape index (κ1) is 16.2. The summed E-state index contributed by atoms with van der Waals surface area (Å²) in [5.74, 6) is -0.148. The van der Waals surface area contributed by atoms with E-state index in [4.69, 9.17) is 11.6 Å². The number of carbonyl (C=O) groups excluding carboxylic acids is 1. The van der Waals surface area contributed by atoms with Crippen molar-refractivity contribution in [3.05, 3.63) is 28.8 Å². The van der Waals surface area contributed by atoms with Gasteiger partial charge in [0.15, 0.2) is 0 Å². The summed E-state index contributed by atoms with van der Waals surface area (Å²) in [5, 5.41) is 6.68. The number of nitrogens with one attached hydrogen (secondary N) is 2. The molecule has 0 saturated heterocycles. The van der Waals surface area contributed by atoms with Crippen molar-refractivity contribution in [2.24, 2.45) is 5.41 Å². The molecule has 1 aromatic rings. The van der Waals surface area contributed by atoms with Crippen molar-refractivity contribution in [2.45, 2.75) is 52.0 Å². The Morgan fingerprint density at radius 1 is 1.29 bits per heavy atom. The van der Waals surface area contributed by atoms with Crippen LogP contribution in [-0.2, 0) is 0 Å². The molecule has 0 aromatic heterocycles. The Morgan fingerprint density at radius 2 is 2.05 bits per heavy atom. The Balaban J connectivity index is 2.07. The average Bonchev–Trinajstić information content (AvgIpc) is 2.61. The van der Waals surface area contributed by atoms with Crippen LogP contribution in [0.1, 0.15) is 56.3 Å². The molecule has 1 unspecified atom stereocenters. The van der Waals surface area contributed by atoms with E-state index in [-0.39, 0.29) is 5.91 Å². The van der Waals surface area contributed by atoms with E-state index >= 15 is 0 Å². The van der Waals surface area contributed by atoms with Crippen molar-refractivity contribution in [2.75, 3.05) is 12.4 Å². The maximum Gasteiger partial charge on any atom is 0.252 e.